The molecule has 0 aliphatic carbocycles. The predicted molar refractivity (Wildman–Crippen MR) is 181 cm³/mol. The lowest BCUT2D eigenvalue weighted by Crippen LogP contribution is -2.29. The molecule has 0 unspecified atom stereocenters. The van der Waals surface area contributed by atoms with Gasteiger partial charge >= 0.3 is 0 Å². The molecule has 46 heavy (non-hydrogen) atoms. The lowest BCUT2D eigenvalue weighted by Gasteiger charge is -2.26. The Balaban J connectivity index is 1.38. The summed E-state index contributed by atoms with van der Waals surface area (Å²) >= 11 is 6.84. The minimum atomic E-state index is -0.314. The van der Waals surface area contributed by atoms with Gasteiger partial charge in [0.25, 0.3) is 5.91 Å². The first-order chi connectivity index (χ1) is 22.6. The van der Waals surface area contributed by atoms with Crippen LogP contribution in [0.4, 0.5) is 0 Å². The van der Waals surface area contributed by atoms with Crippen molar-refractivity contribution in [3.05, 3.63) is 124 Å². The Hall–Kier alpha value is -4.59. The number of piperidine rings is 1. The molecule has 1 fully saturated rings. The smallest absolute Gasteiger partial charge is 0.274 e. The number of nitrogens with one attached hydrogen (secondary N) is 1. The van der Waals surface area contributed by atoms with Crippen molar-refractivity contribution in [3.8, 4) is 33.9 Å². The zero-order chi connectivity index (χ0) is 31.7. The van der Waals surface area contributed by atoms with Gasteiger partial charge in [0.15, 0.2) is 11.5 Å². The van der Waals surface area contributed by atoms with Crippen LogP contribution in [0.2, 0.25) is 5.02 Å². The molecule has 0 saturated carbocycles. The van der Waals surface area contributed by atoms with Gasteiger partial charge in [0.1, 0.15) is 24.7 Å². The minimum Gasteiger partial charge on any atom is -0.488 e. The molecule has 0 spiro atoms. The SMILES string of the molecule is CCNC(=O)c1noc(-c2cc(Cl)c(OCc3ccccc3)cc2OCc2ccccc2)c1-c1ccc(CN2CCCCC2)cc1. The van der Waals surface area contributed by atoms with Gasteiger partial charge < -0.3 is 19.3 Å². The average molecular weight is 636 g/mol. The number of likely N-dealkylation sites (tertiary alicyclic amines) is 1. The second-order valence-corrected chi connectivity index (χ2v) is 11.9. The van der Waals surface area contributed by atoms with Gasteiger partial charge in [0.2, 0.25) is 0 Å². The van der Waals surface area contributed by atoms with E-state index in [0.29, 0.717) is 53.2 Å². The molecule has 1 aliphatic heterocycles. The third-order valence-electron chi connectivity index (χ3n) is 8.10. The number of halogens is 1. The minimum absolute atomic E-state index is 0.204. The zero-order valence-electron chi connectivity index (χ0n) is 26.0. The van der Waals surface area contributed by atoms with Gasteiger partial charge in [-0.1, -0.05) is 108 Å². The Morgan fingerprint density at radius 3 is 2.09 bits per heavy atom. The summed E-state index contributed by atoms with van der Waals surface area (Å²) in [6.45, 7) is 6.13. The number of benzene rings is 4. The average Bonchev–Trinajstić information content (AvgIpc) is 3.54. The summed E-state index contributed by atoms with van der Waals surface area (Å²) in [5.74, 6) is 1.05. The number of rotatable bonds is 12. The quantitative estimate of drug-likeness (QED) is 0.148. The second-order valence-electron chi connectivity index (χ2n) is 11.5. The summed E-state index contributed by atoms with van der Waals surface area (Å²) in [5.41, 5.74) is 5.41. The number of amides is 1. The van der Waals surface area contributed by atoms with Crippen molar-refractivity contribution in [3.63, 3.8) is 0 Å². The first-order valence-electron chi connectivity index (χ1n) is 15.9. The molecule has 0 atom stereocenters. The standard InChI is InChI=1S/C38H38ClN3O4/c1-2-40-38(43)36-35(30-18-16-27(17-19-30)24-42-20-10-5-11-21-42)37(46-41-36)31-22-32(39)34(45-26-29-14-8-4-9-15-29)23-33(31)44-25-28-12-6-3-7-13-28/h3-4,6-9,12-19,22-23H,2,5,10-11,20-21,24-26H2,1H3,(H,40,43). The van der Waals surface area contributed by atoms with Crippen LogP contribution in [0.15, 0.2) is 102 Å². The molecule has 8 heteroatoms. The maximum absolute atomic E-state index is 13.2. The van der Waals surface area contributed by atoms with E-state index in [1.54, 1.807) is 12.1 Å². The van der Waals surface area contributed by atoms with Gasteiger partial charge in [-0.2, -0.15) is 0 Å². The van der Waals surface area contributed by atoms with E-state index in [4.69, 9.17) is 25.6 Å². The summed E-state index contributed by atoms with van der Waals surface area (Å²) in [6, 6.07) is 31.6. The molecule has 7 nitrogen and oxygen atoms in total. The molecular weight excluding hydrogens is 598 g/mol. The van der Waals surface area contributed by atoms with Crippen molar-refractivity contribution in [1.29, 1.82) is 0 Å². The molecule has 6 rings (SSSR count). The van der Waals surface area contributed by atoms with Crippen LogP contribution in [0.1, 0.15) is 53.4 Å². The fraction of sp³-hybridized carbons (Fsp3) is 0.263. The second kappa shape index (κ2) is 15.1. The summed E-state index contributed by atoms with van der Waals surface area (Å²) in [4.78, 5) is 15.7. The topological polar surface area (TPSA) is 76.8 Å². The molecule has 2 heterocycles. The number of nitrogens with zero attached hydrogens (tertiary/aromatic N) is 2. The predicted octanol–water partition coefficient (Wildman–Crippen LogP) is 8.56. The van der Waals surface area contributed by atoms with Crippen LogP contribution >= 0.6 is 11.6 Å². The lowest BCUT2D eigenvalue weighted by atomic mass is 9.97. The van der Waals surface area contributed by atoms with Crippen molar-refractivity contribution in [2.75, 3.05) is 19.6 Å². The number of carbonyl (C=O) groups is 1. The van der Waals surface area contributed by atoms with Crippen molar-refractivity contribution < 1.29 is 18.8 Å². The van der Waals surface area contributed by atoms with E-state index in [1.807, 2.05) is 79.7 Å². The summed E-state index contributed by atoms with van der Waals surface area (Å²) < 4.78 is 18.5. The van der Waals surface area contributed by atoms with Gasteiger partial charge in [-0.25, -0.2) is 0 Å². The Morgan fingerprint density at radius 2 is 1.46 bits per heavy atom. The first-order valence-corrected chi connectivity index (χ1v) is 16.2. The highest BCUT2D eigenvalue weighted by Crippen LogP contribution is 2.44. The molecule has 1 aliphatic rings. The van der Waals surface area contributed by atoms with Crippen LogP contribution in [0, 0.1) is 0 Å². The molecule has 0 bridgehead atoms. The lowest BCUT2D eigenvalue weighted by molar-refractivity contribution is 0.0947. The van der Waals surface area contributed by atoms with E-state index < -0.39 is 0 Å². The van der Waals surface area contributed by atoms with Gasteiger partial charge in [0.05, 0.1) is 16.1 Å². The van der Waals surface area contributed by atoms with Crippen molar-refractivity contribution >= 4 is 17.5 Å². The molecule has 1 saturated heterocycles. The highest BCUT2D eigenvalue weighted by molar-refractivity contribution is 6.32. The Kier molecular flexibility index (Phi) is 10.3. The molecule has 5 aromatic rings. The van der Waals surface area contributed by atoms with E-state index in [2.05, 4.69) is 27.5 Å². The molecule has 236 valence electrons. The zero-order valence-corrected chi connectivity index (χ0v) is 26.8. The van der Waals surface area contributed by atoms with Gasteiger partial charge in [-0.3, -0.25) is 9.69 Å². The van der Waals surface area contributed by atoms with E-state index >= 15 is 0 Å². The highest BCUT2D eigenvalue weighted by atomic mass is 35.5. The normalized spacial score (nSPS) is 13.3. The molecular formula is C38H38ClN3O4. The summed E-state index contributed by atoms with van der Waals surface area (Å²) in [7, 11) is 0. The number of ether oxygens (including phenoxy) is 2. The highest BCUT2D eigenvalue weighted by Gasteiger charge is 2.27. The largest absolute Gasteiger partial charge is 0.488 e. The Labute approximate surface area is 275 Å². The first kappa shape index (κ1) is 31.4. The van der Waals surface area contributed by atoms with Gasteiger partial charge in [-0.15, -0.1) is 0 Å². The summed E-state index contributed by atoms with van der Waals surface area (Å²) in [5, 5.41) is 7.52. The van der Waals surface area contributed by atoms with Crippen molar-refractivity contribution in [2.24, 2.45) is 0 Å². The van der Waals surface area contributed by atoms with Crippen molar-refractivity contribution in [1.82, 2.24) is 15.4 Å². The van der Waals surface area contributed by atoms with Crippen LogP contribution in [0.5, 0.6) is 11.5 Å². The van der Waals surface area contributed by atoms with Crippen LogP contribution in [0.3, 0.4) is 0 Å². The number of aromatic nitrogens is 1. The molecule has 1 N–H and O–H groups in total. The van der Waals surface area contributed by atoms with Gasteiger partial charge in [-0.05, 0) is 61.2 Å². The molecule has 0 radical (unpaired) electrons. The van der Waals surface area contributed by atoms with Crippen LogP contribution < -0.4 is 14.8 Å². The van der Waals surface area contributed by atoms with E-state index in [-0.39, 0.29) is 11.6 Å². The van der Waals surface area contributed by atoms with E-state index in [1.165, 1.54) is 24.8 Å². The molecule has 1 amide bonds. The number of carbonyl (C=O) groups excluding carboxylic acids is 1. The fourth-order valence-corrected chi connectivity index (χ4v) is 5.92. The summed E-state index contributed by atoms with van der Waals surface area (Å²) in [6.07, 6.45) is 3.78. The number of hydrogen-bond donors (Lipinski definition) is 1. The van der Waals surface area contributed by atoms with Crippen LogP contribution in [-0.4, -0.2) is 35.6 Å². The third-order valence-corrected chi connectivity index (χ3v) is 8.39. The van der Waals surface area contributed by atoms with Crippen molar-refractivity contribution in [2.45, 2.75) is 45.9 Å². The Morgan fingerprint density at radius 1 is 0.826 bits per heavy atom. The van der Waals surface area contributed by atoms with Crippen LogP contribution in [0.25, 0.3) is 22.5 Å². The van der Waals surface area contributed by atoms with Crippen LogP contribution in [-0.2, 0) is 19.8 Å². The maximum atomic E-state index is 13.2. The molecule has 4 aromatic carbocycles. The van der Waals surface area contributed by atoms with E-state index in [9.17, 15) is 4.79 Å². The number of hydrogen-bond acceptors (Lipinski definition) is 6. The monoisotopic (exact) mass is 635 g/mol. The van der Waals surface area contributed by atoms with Gasteiger partial charge in [0, 0.05) is 19.2 Å². The van der Waals surface area contributed by atoms with E-state index in [0.717, 1.165) is 36.3 Å². The fourth-order valence-electron chi connectivity index (χ4n) is 5.71. The maximum Gasteiger partial charge on any atom is 0.274 e. The Bertz CT molecular complexity index is 1730. The molecule has 1 aromatic heterocycles. The third kappa shape index (κ3) is 7.61.